The third-order valence-corrected chi connectivity index (χ3v) is 4.51. The van der Waals surface area contributed by atoms with Gasteiger partial charge in [0.05, 0.1) is 5.69 Å². The van der Waals surface area contributed by atoms with Crippen LogP contribution in [0.25, 0.3) is 0 Å². The lowest BCUT2D eigenvalue weighted by Crippen LogP contribution is -1.96. The topological polar surface area (TPSA) is 38.9 Å². The Morgan fingerprint density at radius 3 is 2.06 bits per heavy atom. The number of nitrogens with zero attached hydrogens (tertiary/aromatic N) is 1. The van der Waals surface area contributed by atoms with Crippen LogP contribution in [0.15, 0.2) is 24.3 Å². The van der Waals surface area contributed by atoms with Crippen molar-refractivity contribution in [1.29, 1.82) is 0 Å². The summed E-state index contributed by atoms with van der Waals surface area (Å²) in [5.74, 6) is 0.941. The smallest absolute Gasteiger partial charge is 0.180 e. The molecule has 0 bridgehead atoms. The van der Waals surface area contributed by atoms with Crippen molar-refractivity contribution in [2.45, 2.75) is 39.5 Å². The van der Waals surface area contributed by atoms with Gasteiger partial charge in [-0.3, -0.25) is 0 Å². The Hall–Kier alpha value is -1.35. The van der Waals surface area contributed by atoms with Crippen LogP contribution >= 0.6 is 11.3 Å². The minimum Gasteiger partial charge on any atom is -0.375 e. The SMILES string of the molecule is Cc1nc(N)sc1C(C)c1ccc(C(C)C)cc1. The molecule has 3 heteroatoms. The van der Waals surface area contributed by atoms with E-state index in [1.54, 1.807) is 11.3 Å². The summed E-state index contributed by atoms with van der Waals surface area (Å²) in [6.07, 6.45) is 0. The van der Waals surface area contributed by atoms with E-state index in [0.717, 1.165) is 5.69 Å². The second kappa shape index (κ2) is 5.11. The molecular formula is C15H20N2S. The third-order valence-electron chi connectivity index (χ3n) is 3.35. The van der Waals surface area contributed by atoms with Gasteiger partial charge in [-0.05, 0) is 24.0 Å². The van der Waals surface area contributed by atoms with Crippen LogP contribution in [0.5, 0.6) is 0 Å². The highest BCUT2D eigenvalue weighted by atomic mass is 32.1. The van der Waals surface area contributed by atoms with Gasteiger partial charge in [0.25, 0.3) is 0 Å². The van der Waals surface area contributed by atoms with Gasteiger partial charge in [0, 0.05) is 10.8 Å². The summed E-state index contributed by atoms with van der Waals surface area (Å²) >= 11 is 1.59. The monoisotopic (exact) mass is 260 g/mol. The summed E-state index contributed by atoms with van der Waals surface area (Å²) in [6, 6.07) is 8.87. The van der Waals surface area contributed by atoms with Crippen molar-refractivity contribution in [3.05, 3.63) is 46.0 Å². The second-order valence-electron chi connectivity index (χ2n) is 5.04. The Morgan fingerprint density at radius 1 is 1.06 bits per heavy atom. The van der Waals surface area contributed by atoms with Crippen LogP contribution in [0.4, 0.5) is 5.13 Å². The lowest BCUT2D eigenvalue weighted by molar-refractivity contribution is 0.859. The van der Waals surface area contributed by atoms with Gasteiger partial charge in [0.1, 0.15) is 0 Å². The molecule has 0 saturated carbocycles. The number of thiazole rings is 1. The number of aryl methyl sites for hydroxylation is 1. The first kappa shape index (κ1) is 13.1. The van der Waals surface area contributed by atoms with Gasteiger partial charge >= 0.3 is 0 Å². The van der Waals surface area contributed by atoms with E-state index < -0.39 is 0 Å². The fraction of sp³-hybridized carbons (Fsp3) is 0.400. The van der Waals surface area contributed by atoms with Gasteiger partial charge in [-0.2, -0.15) is 0 Å². The molecule has 2 N–H and O–H groups in total. The van der Waals surface area contributed by atoms with Gasteiger partial charge in [-0.15, -0.1) is 11.3 Å². The van der Waals surface area contributed by atoms with E-state index in [0.29, 0.717) is 17.0 Å². The van der Waals surface area contributed by atoms with Crippen LogP contribution < -0.4 is 5.73 Å². The Bertz CT molecular complexity index is 526. The predicted molar refractivity (Wildman–Crippen MR) is 79.3 cm³/mol. The average Bonchev–Trinajstić information content (AvgIpc) is 2.67. The van der Waals surface area contributed by atoms with Gasteiger partial charge in [-0.25, -0.2) is 4.98 Å². The molecule has 0 radical (unpaired) electrons. The average molecular weight is 260 g/mol. The van der Waals surface area contributed by atoms with Crippen molar-refractivity contribution in [3.63, 3.8) is 0 Å². The van der Waals surface area contributed by atoms with Crippen molar-refractivity contribution in [3.8, 4) is 0 Å². The molecule has 96 valence electrons. The van der Waals surface area contributed by atoms with Gasteiger partial charge < -0.3 is 5.73 Å². The summed E-state index contributed by atoms with van der Waals surface area (Å²) < 4.78 is 0. The zero-order chi connectivity index (χ0) is 13.3. The summed E-state index contributed by atoms with van der Waals surface area (Å²) in [5.41, 5.74) is 9.53. The fourth-order valence-corrected chi connectivity index (χ4v) is 3.07. The standard InChI is InChI=1S/C15H20N2S/c1-9(2)12-5-7-13(8-6-12)10(3)14-11(4)17-15(16)18-14/h5-10H,1-4H3,(H2,16,17). The molecule has 1 heterocycles. The maximum Gasteiger partial charge on any atom is 0.180 e. The van der Waals surface area contributed by atoms with E-state index in [-0.39, 0.29) is 0 Å². The Labute approximate surface area is 113 Å². The molecule has 2 nitrogen and oxygen atoms in total. The molecule has 1 atom stereocenters. The van der Waals surface area contributed by atoms with Crippen molar-refractivity contribution in [2.75, 3.05) is 5.73 Å². The molecule has 1 unspecified atom stereocenters. The first-order valence-electron chi connectivity index (χ1n) is 6.31. The molecule has 18 heavy (non-hydrogen) atoms. The van der Waals surface area contributed by atoms with Crippen molar-refractivity contribution in [1.82, 2.24) is 4.98 Å². The third kappa shape index (κ3) is 2.56. The van der Waals surface area contributed by atoms with Gasteiger partial charge in [0.2, 0.25) is 0 Å². The summed E-state index contributed by atoms with van der Waals surface area (Å²) in [5, 5.41) is 0.660. The largest absolute Gasteiger partial charge is 0.375 e. The van der Waals surface area contributed by atoms with E-state index in [1.807, 2.05) is 6.92 Å². The number of nitrogen functional groups attached to an aromatic ring is 1. The maximum absolute atomic E-state index is 5.77. The summed E-state index contributed by atoms with van der Waals surface area (Å²) in [4.78, 5) is 5.57. The molecular weight excluding hydrogens is 240 g/mol. The van der Waals surface area contributed by atoms with Crippen LogP contribution in [-0.2, 0) is 0 Å². The number of hydrogen-bond donors (Lipinski definition) is 1. The highest BCUT2D eigenvalue weighted by Gasteiger charge is 2.15. The molecule has 2 rings (SSSR count). The minimum atomic E-state index is 0.362. The number of aromatic nitrogens is 1. The van der Waals surface area contributed by atoms with Crippen LogP contribution in [0, 0.1) is 6.92 Å². The maximum atomic E-state index is 5.77. The van der Waals surface area contributed by atoms with E-state index in [9.17, 15) is 0 Å². The van der Waals surface area contributed by atoms with E-state index in [1.165, 1.54) is 16.0 Å². The fourth-order valence-electron chi connectivity index (χ4n) is 2.15. The molecule has 2 aromatic rings. The number of benzene rings is 1. The normalized spacial score (nSPS) is 12.9. The first-order chi connectivity index (χ1) is 8.49. The van der Waals surface area contributed by atoms with Gasteiger partial charge in [0.15, 0.2) is 5.13 Å². The number of hydrogen-bond acceptors (Lipinski definition) is 3. The summed E-state index contributed by atoms with van der Waals surface area (Å²) in [7, 11) is 0. The molecule has 0 aliphatic heterocycles. The Kier molecular flexibility index (Phi) is 3.71. The molecule has 0 saturated heterocycles. The first-order valence-corrected chi connectivity index (χ1v) is 7.13. The Morgan fingerprint density at radius 2 is 1.61 bits per heavy atom. The molecule has 0 fully saturated rings. The zero-order valence-electron chi connectivity index (χ0n) is 11.4. The van der Waals surface area contributed by atoms with Crippen molar-refractivity contribution < 1.29 is 0 Å². The van der Waals surface area contributed by atoms with Crippen LogP contribution in [0.1, 0.15) is 54.3 Å². The van der Waals surface area contributed by atoms with Crippen molar-refractivity contribution >= 4 is 16.5 Å². The lowest BCUT2D eigenvalue weighted by atomic mass is 9.95. The molecule has 0 amide bonds. The van der Waals surface area contributed by atoms with Crippen LogP contribution in [0.2, 0.25) is 0 Å². The van der Waals surface area contributed by atoms with Crippen LogP contribution in [-0.4, -0.2) is 4.98 Å². The summed E-state index contributed by atoms with van der Waals surface area (Å²) in [6.45, 7) is 8.67. The molecule has 1 aromatic carbocycles. The predicted octanol–water partition coefficient (Wildman–Crippen LogP) is 4.31. The van der Waals surface area contributed by atoms with Crippen LogP contribution in [0.3, 0.4) is 0 Å². The number of anilines is 1. The minimum absolute atomic E-state index is 0.362. The number of nitrogens with two attached hydrogens (primary N) is 1. The van der Waals surface area contributed by atoms with E-state index >= 15 is 0 Å². The Balaban J connectivity index is 2.28. The van der Waals surface area contributed by atoms with Gasteiger partial charge in [-0.1, -0.05) is 45.0 Å². The molecule has 1 aromatic heterocycles. The second-order valence-corrected chi connectivity index (χ2v) is 6.11. The highest BCUT2D eigenvalue weighted by molar-refractivity contribution is 7.15. The lowest BCUT2D eigenvalue weighted by Gasteiger charge is -2.12. The van der Waals surface area contributed by atoms with Crippen molar-refractivity contribution in [2.24, 2.45) is 0 Å². The highest BCUT2D eigenvalue weighted by Crippen LogP contribution is 2.33. The molecule has 0 aliphatic carbocycles. The molecule has 0 aliphatic rings. The zero-order valence-corrected chi connectivity index (χ0v) is 12.2. The van der Waals surface area contributed by atoms with E-state index in [4.69, 9.17) is 5.73 Å². The molecule has 0 spiro atoms. The quantitative estimate of drug-likeness (QED) is 0.893. The van der Waals surface area contributed by atoms with E-state index in [2.05, 4.69) is 50.0 Å². The number of rotatable bonds is 3.